The molecular weight excluding hydrogens is 284 g/mol. The van der Waals surface area contributed by atoms with E-state index in [-0.39, 0.29) is 13.2 Å². The molecule has 0 aromatic carbocycles. The van der Waals surface area contributed by atoms with Crippen LogP contribution in [-0.2, 0) is 9.53 Å². The third-order valence-electron chi connectivity index (χ3n) is 1.66. The van der Waals surface area contributed by atoms with Gasteiger partial charge in [0.2, 0.25) is 0 Å². The normalized spacial score (nSPS) is 12.7. The lowest BCUT2D eigenvalue weighted by atomic mass is 10.3. The van der Waals surface area contributed by atoms with Gasteiger partial charge in [-0.15, -0.1) is 11.3 Å². The lowest BCUT2D eigenvalue weighted by Gasteiger charge is -2.11. The largest absolute Gasteiger partial charge is 0.479 e. The SMILES string of the molecule is O=C(O)C(OCCCO)c1ccc(Br)s1. The van der Waals surface area contributed by atoms with Crippen LogP contribution in [0.15, 0.2) is 15.9 Å². The number of aliphatic carboxylic acids is 1. The highest BCUT2D eigenvalue weighted by Gasteiger charge is 2.21. The number of aliphatic hydroxyl groups excluding tert-OH is 1. The van der Waals surface area contributed by atoms with Crippen molar-refractivity contribution in [1.82, 2.24) is 0 Å². The maximum Gasteiger partial charge on any atom is 0.338 e. The Kier molecular flexibility index (Phi) is 5.24. The van der Waals surface area contributed by atoms with Crippen molar-refractivity contribution in [3.63, 3.8) is 0 Å². The van der Waals surface area contributed by atoms with Crippen LogP contribution in [0.1, 0.15) is 17.4 Å². The van der Waals surface area contributed by atoms with E-state index in [1.54, 1.807) is 12.1 Å². The van der Waals surface area contributed by atoms with Gasteiger partial charge in [-0.1, -0.05) is 0 Å². The molecule has 0 saturated heterocycles. The van der Waals surface area contributed by atoms with Crippen molar-refractivity contribution in [2.45, 2.75) is 12.5 Å². The molecule has 4 nitrogen and oxygen atoms in total. The number of thiophene rings is 1. The number of hydrogen-bond donors (Lipinski definition) is 2. The molecule has 0 saturated carbocycles. The standard InChI is InChI=1S/C9H11BrO4S/c10-7-3-2-6(15-7)8(9(12)13)14-5-1-4-11/h2-3,8,11H,1,4-5H2,(H,12,13). The van der Waals surface area contributed by atoms with Gasteiger partial charge in [0.05, 0.1) is 10.4 Å². The first-order valence-corrected chi connectivity index (χ1v) is 5.96. The molecule has 1 heterocycles. The average molecular weight is 295 g/mol. The summed E-state index contributed by atoms with van der Waals surface area (Å²) in [7, 11) is 0. The quantitative estimate of drug-likeness (QED) is 0.788. The van der Waals surface area contributed by atoms with E-state index in [0.717, 1.165) is 3.79 Å². The van der Waals surface area contributed by atoms with Crippen molar-refractivity contribution in [3.8, 4) is 0 Å². The van der Waals surface area contributed by atoms with Gasteiger partial charge in [-0.25, -0.2) is 4.79 Å². The molecule has 0 aliphatic heterocycles. The van der Waals surface area contributed by atoms with Crippen LogP contribution in [0.2, 0.25) is 0 Å². The predicted octanol–water partition coefficient (Wildman–Crippen LogP) is 2.04. The number of carboxylic acids is 1. The molecule has 1 unspecified atom stereocenters. The first-order valence-electron chi connectivity index (χ1n) is 4.35. The van der Waals surface area contributed by atoms with E-state index in [1.165, 1.54) is 11.3 Å². The van der Waals surface area contributed by atoms with Crippen LogP contribution in [0.25, 0.3) is 0 Å². The Morgan fingerprint density at radius 3 is 2.80 bits per heavy atom. The highest BCUT2D eigenvalue weighted by molar-refractivity contribution is 9.11. The monoisotopic (exact) mass is 294 g/mol. The molecule has 0 radical (unpaired) electrons. The van der Waals surface area contributed by atoms with Crippen molar-refractivity contribution in [2.24, 2.45) is 0 Å². The molecule has 0 amide bonds. The second kappa shape index (κ2) is 6.22. The minimum Gasteiger partial charge on any atom is -0.479 e. The molecule has 1 rings (SSSR count). The summed E-state index contributed by atoms with van der Waals surface area (Å²) in [6, 6.07) is 3.50. The summed E-state index contributed by atoms with van der Waals surface area (Å²) in [6.07, 6.45) is -0.496. The molecular formula is C9H11BrO4S. The maximum atomic E-state index is 10.9. The van der Waals surface area contributed by atoms with E-state index < -0.39 is 12.1 Å². The van der Waals surface area contributed by atoms with Gasteiger partial charge in [0.25, 0.3) is 0 Å². The Balaban J connectivity index is 2.62. The smallest absolute Gasteiger partial charge is 0.338 e. The van der Waals surface area contributed by atoms with E-state index in [1.807, 2.05) is 0 Å². The third kappa shape index (κ3) is 3.90. The van der Waals surface area contributed by atoms with E-state index in [4.69, 9.17) is 14.9 Å². The molecule has 0 aliphatic carbocycles. The highest BCUT2D eigenvalue weighted by atomic mass is 79.9. The number of carboxylic acid groups (broad SMARTS) is 1. The van der Waals surface area contributed by atoms with Crippen LogP contribution in [-0.4, -0.2) is 29.4 Å². The van der Waals surface area contributed by atoms with Gasteiger partial charge in [0.1, 0.15) is 0 Å². The zero-order valence-electron chi connectivity index (χ0n) is 7.85. The zero-order chi connectivity index (χ0) is 11.3. The number of carbonyl (C=O) groups is 1. The molecule has 1 atom stereocenters. The van der Waals surface area contributed by atoms with Crippen molar-refractivity contribution in [3.05, 3.63) is 20.8 Å². The Bertz CT molecular complexity index is 326. The minimum absolute atomic E-state index is 0.000470. The van der Waals surface area contributed by atoms with Gasteiger partial charge in [0.15, 0.2) is 6.10 Å². The third-order valence-corrected chi connectivity index (χ3v) is 3.33. The molecule has 6 heteroatoms. The van der Waals surface area contributed by atoms with Crippen LogP contribution in [0.4, 0.5) is 0 Å². The van der Waals surface area contributed by atoms with Crippen LogP contribution in [0.5, 0.6) is 0 Å². The first kappa shape index (κ1) is 12.6. The second-order valence-corrected chi connectivity index (χ2v) is 5.30. The van der Waals surface area contributed by atoms with Gasteiger partial charge in [0, 0.05) is 11.5 Å². The van der Waals surface area contributed by atoms with Gasteiger partial charge in [-0.05, 0) is 34.5 Å². The summed E-state index contributed by atoms with van der Waals surface area (Å²) >= 11 is 4.59. The van der Waals surface area contributed by atoms with Gasteiger partial charge in [-0.2, -0.15) is 0 Å². The van der Waals surface area contributed by atoms with E-state index in [2.05, 4.69) is 15.9 Å². The fraction of sp³-hybridized carbons (Fsp3) is 0.444. The van der Waals surface area contributed by atoms with Crippen molar-refractivity contribution < 1.29 is 19.7 Å². The topological polar surface area (TPSA) is 66.8 Å². The first-order chi connectivity index (χ1) is 7.15. The maximum absolute atomic E-state index is 10.9. The molecule has 15 heavy (non-hydrogen) atoms. The minimum atomic E-state index is -1.01. The van der Waals surface area contributed by atoms with E-state index in [9.17, 15) is 4.79 Å². The molecule has 2 N–H and O–H groups in total. The molecule has 1 aromatic rings. The fourth-order valence-electron chi connectivity index (χ4n) is 1.01. The Labute approximate surface area is 99.6 Å². The molecule has 84 valence electrons. The summed E-state index contributed by atoms with van der Waals surface area (Å²) in [6.45, 7) is 0.240. The van der Waals surface area contributed by atoms with Gasteiger partial charge < -0.3 is 14.9 Å². The van der Waals surface area contributed by atoms with Crippen LogP contribution in [0, 0.1) is 0 Å². The highest BCUT2D eigenvalue weighted by Crippen LogP contribution is 2.29. The molecule has 1 aromatic heterocycles. The van der Waals surface area contributed by atoms with Crippen molar-refractivity contribution in [1.29, 1.82) is 0 Å². The molecule has 0 spiro atoms. The Hall–Kier alpha value is -0.430. The zero-order valence-corrected chi connectivity index (χ0v) is 10.3. The summed E-state index contributed by atoms with van der Waals surface area (Å²) in [5.74, 6) is -1.01. The van der Waals surface area contributed by atoms with Crippen LogP contribution >= 0.6 is 27.3 Å². The fourth-order valence-corrected chi connectivity index (χ4v) is 2.48. The number of aliphatic hydroxyl groups is 1. The van der Waals surface area contributed by atoms with Gasteiger partial charge in [-0.3, -0.25) is 0 Å². The second-order valence-electron chi connectivity index (χ2n) is 2.81. The molecule has 0 bridgehead atoms. The summed E-state index contributed by atoms with van der Waals surface area (Å²) in [5.41, 5.74) is 0. The molecule has 0 fully saturated rings. The van der Waals surface area contributed by atoms with Crippen LogP contribution in [0.3, 0.4) is 0 Å². The lowest BCUT2D eigenvalue weighted by molar-refractivity contribution is -0.150. The number of rotatable bonds is 6. The summed E-state index contributed by atoms with van der Waals surface area (Å²) < 4.78 is 6.04. The van der Waals surface area contributed by atoms with Crippen molar-refractivity contribution >= 4 is 33.2 Å². The number of ether oxygens (including phenoxy) is 1. The molecule has 0 aliphatic rings. The Morgan fingerprint density at radius 1 is 1.60 bits per heavy atom. The summed E-state index contributed by atoms with van der Waals surface area (Å²) in [5, 5.41) is 17.5. The van der Waals surface area contributed by atoms with Crippen LogP contribution < -0.4 is 0 Å². The van der Waals surface area contributed by atoms with Crippen molar-refractivity contribution in [2.75, 3.05) is 13.2 Å². The Morgan fingerprint density at radius 2 is 2.33 bits per heavy atom. The number of hydrogen-bond acceptors (Lipinski definition) is 4. The van der Waals surface area contributed by atoms with Gasteiger partial charge >= 0.3 is 5.97 Å². The number of halogens is 1. The average Bonchev–Trinajstić information content (AvgIpc) is 2.59. The summed E-state index contributed by atoms with van der Waals surface area (Å²) in [4.78, 5) is 11.6. The lowest BCUT2D eigenvalue weighted by Crippen LogP contribution is -2.15. The van der Waals surface area contributed by atoms with E-state index in [0.29, 0.717) is 11.3 Å². The predicted molar refractivity (Wildman–Crippen MR) is 60.1 cm³/mol. The van der Waals surface area contributed by atoms with E-state index >= 15 is 0 Å².